The number of rotatable bonds is 8. The molecule has 6 heteroatoms. The molecule has 0 aliphatic heterocycles. The predicted octanol–water partition coefficient (Wildman–Crippen LogP) is 6.09. The molecule has 0 bridgehead atoms. The highest BCUT2D eigenvalue weighted by Crippen LogP contribution is 2.16. The summed E-state index contributed by atoms with van der Waals surface area (Å²) in [6, 6.07) is 21.3. The number of hydrogen-bond donors (Lipinski definition) is 0. The van der Waals surface area contributed by atoms with Crippen LogP contribution in [0.3, 0.4) is 0 Å². The first-order valence-electron chi connectivity index (χ1n) is 10.5. The minimum Gasteiger partial charge on any atom is -0.449 e. The third-order valence-corrected chi connectivity index (χ3v) is 18.7. The summed E-state index contributed by atoms with van der Waals surface area (Å²) in [7, 11) is -6.83. The quantitative estimate of drug-likeness (QED) is 0.433. The topological polar surface area (TPSA) is 18.5 Å². The van der Waals surface area contributed by atoms with Crippen LogP contribution >= 0.6 is 0 Å². The molecular weight excluding hydrogens is 433 g/mol. The van der Waals surface area contributed by atoms with Gasteiger partial charge in [0.2, 0.25) is 16.6 Å². The van der Waals surface area contributed by atoms with E-state index in [1.807, 2.05) is 11.4 Å². The Morgan fingerprint density at radius 3 is 1.10 bits per heavy atom. The molecule has 0 fully saturated rings. The molecule has 2 nitrogen and oxygen atoms in total. The normalized spacial score (nSPS) is 12.5. The van der Waals surface area contributed by atoms with Gasteiger partial charge in [0.15, 0.2) is 16.6 Å². The zero-order valence-electron chi connectivity index (χ0n) is 20.2. The Hall–Kier alpha value is -1.29. The van der Waals surface area contributed by atoms with E-state index in [9.17, 15) is 0 Å². The van der Waals surface area contributed by atoms with Gasteiger partial charge in [0.1, 0.15) is 0 Å². The smallest absolute Gasteiger partial charge is 0.206 e. The fourth-order valence-electron chi connectivity index (χ4n) is 3.20. The van der Waals surface area contributed by atoms with Crippen molar-refractivity contribution in [3.05, 3.63) is 85.2 Å². The summed E-state index contributed by atoms with van der Waals surface area (Å²) in [6.45, 7) is 25.3. The molecule has 0 saturated carbocycles. The molecule has 30 heavy (non-hydrogen) atoms. The monoisotopic (exact) mass is 472 g/mol. The first kappa shape index (κ1) is 26.7. The molecule has 0 radical (unpaired) electrons. The molecule has 0 aliphatic carbocycles. The van der Waals surface area contributed by atoms with Crippen LogP contribution in [0.4, 0.5) is 0 Å². The fraction of sp³-hybridized carbons (Fsp3) is 0.333. The van der Waals surface area contributed by atoms with Crippen molar-refractivity contribution in [1.82, 2.24) is 0 Å². The Bertz CT molecular complexity index is 733. The molecule has 0 amide bonds. The van der Waals surface area contributed by atoms with Crippen molar-refractivity contribution < 1.29 is 8.23 Å². The third kappa shape index (κ3) is 8.83. The molecule has 0 heterocycles. The van der Waals surface area contributed by atoms with E-state index in [0.717, 1.165) is 0 Å². The van der Waals surface area contributed by atoms with Crippen LogP contribution < -0.4 is 10.4 Å². The molecule has 0 spiro atoms. The van der Waals surface area contributed by atoms with E-state index < -0.39 is 33.3 Å². The summed E-state index contributed by atoms with van der Waals surface area (Å²) in [4.78, 5) is 0. The molecular formula is C24H40O2Si4. The van der Waals surface area contributed by atoms with E-state index in [2.05, 4.69) is 126 Å². The second-order valence-electron chi connectivity index (χ2n) is 9.57. The molecule has 2 aromatic rings. The Morgan fingerprint density at radius 1 is 0.533 bits per heavy atom. The van der Waals surface area contributed by atoms with Gasteiger partial charge in [0.25, 0.3) is 0 Å². The number of benzene rings is 2. The predicted molar refractivity (Wildman–Crippen MR) is 145 cm³/mol. The van der Waals surface area contributed by atoms with Gasteiger partial charge in [-0.25, -0.2) is 0 Å². The van der Waals surface area contributed by atoms with E-state index >= 15 is 0 Å². The Morgan fingerprint density at radius 2 is 0.833 bits per heavy atom. The average molecular weight is 473 g/mol. The van der Waals surface area contributed by atoms with Crippen LogP contribution in [-0.2, 0) is 8.23 Å². The fourth-order valence-corrected chi connectivity index (χ4v) is 17.3. The zero-order valence-corrected chi connectivity index (χ0v) is 24.2. The van der Waals surface area contributed by atoms with Crippen LogP contribution in [0.15, 0.2) is 85.2 Å². The summed E-state index contributed by atoms with van der Waals surface area (Å²) in [5, 5.41) is 2.73. The molecule has 0 aliphatic rings. The Labute approximate surface area is 189 Å². The maximum Gasteiger partial charge on any atom is 0.206 e. The van der Waals surface area contributed by atoms with Crippen LogP contribution in [0.2, 0.25) is 52.4 Å². The van der Waals surface area contributed by atoms with Gasteiger partial charge in [0.05, 0.1) is 0 Å². The molecule has 164 valence electrons. The molecule has 0 aromatic heterocycles. The van der Waals surface area contributed by atoms with E-state index in [4.69, 9.17) is 8.23 Å². The lowest BCUT2D eigenvalue weighted by molar-refractivity contribution is 0.571. The van der Waals surface area contributed by atoms with Gasteiger partial charge in [-0.15, -0.1) is 13.2 Å². The first-order chi connectivity index (χ1) is 13.7. The Balaban J connectivity index is 0.000000352. The summed E-state index contributed by atoms with van der Waals surface area (Å²) >= 11 is 0. The average Bonchev–Trinajstić information content (AvgIpc) is 2.68. The summed E-state index contributed by atoms with van der Waals surface area (Å²) in [6.07, 6.45) is 0. The van der Waals surface area contributed by atoms with Gasteiger partial charge in [-0.2, -0.15) is 0 Å². The number of hydrogen-bond acceptors (Lipinski definition) is 2. The van der Waals surface area contributed by atoms with Crippen molar-refractivity contribution in [2.45, 2.75) is 52.4 Å². The van der Waals surface area contributed by atoms with Gasteiger partial charge in [-0.3, -0.25) is 0 Å². The Kier molecular flexibility index (Phi) is 9.66. The lowest BCUT2D eigenvalue weighted by Crippen LogP contribution is -2.57. The molecule has 0 saturated heterocycles. The van der Waals surface area contributed by atoms with Crippen molar-refractivity contribution in [1.29, 1.82) is 0 Å². The highest BCUT2D eigenvalue weighted by Gasteiger charge is 2.35. The highest BCUT2D eigenvalue weighted by molar-refractivity contribution is 6.96. The summed E-state index contributed by atoms with van der Waals surface area (Å²) in [5.74, 6) is 0. The van der Waals surface area contributed by atoms with Crippen LogP contribution in [-0.4, -0.2) is 33.3 Å². The van der Waals surface area contributed by atoms with Crippen LogP contribution in [0, 0.1) is 0 Å². The third-order valence-electron chi connectivity index (χ3n) is 4.96. The lowest BCUT2D eigenvalue weighted by Gasteiger charge is -2.34. The van der Waals surface area contributed by atoms with Gasteiger partial charge >= 0.3 is 0 Å². The van der Waals surface area contributed by atoms with Gasteiger partial charge < -0.3 is 8.23 Å². The first-order valence-corrected chi connectivity index (χ1v) is 22.3. The van der Waals surface area contributed by atoms with Gasteiger partial charge in [0, 0.05) is 0 Å². The van der Waals surface area contributed by atoms with Crippen molar-refractivity contribution in [2.24, 2.45) is 0 Å². The van der Waals surface area contributed by atoms with Crippen molar-refractivity contribution >= 4 is 43.6 Å². The summed E-state index contributed by atoms with van der Waals surface area (Å²) < 4.78 is 12.6. The lowest BCUT2D eigenvalue weighted by atomic mass is 10.4. The second-order valence-corrected chi connectivity index (χ2v) is 25.6. The SMILES string of the molecule is C=C[Si](C)(C)O[Si](C)(C)C=C.C[Si](C)(O[Si](C)(C)c1ccccc1)c1ccccc1. The van der Waals surface area contributed by atoms with Crippen LogP contribution in [0.1, 0.15) is 0 Å². The van der Waals surface area contributed by atoms with E-state index in [-0.39, 0.29) is 0 Å². The summed E-state index contributed by atoms with van der Waals surface area (Å²) in [5.41, 5.74) is 3.93. The van der Waals surface area contributed by atoms with Crippen molar-refractivity contribution in [2.75, 3.05) is 0 Å². The maximum absolute atomic E-state index is 6.68. The molecule has 2 aromatic carbocycles. The zero-order chi connectivity index (χ0) is 23.1. The standard InChI is InChI=1S/C16H22OSi2.C8H18OSi2/c1-18(2,15-11-7-5-8-12-15)17-19(3,4)16-13-9-6-10-14-16;1-7-10(3,4)9-11(5,6)8-2/h5-14H,1-4H3;7-8H,1-2H2,3-6H3. The largest absolute Gasteiger partial charge is 0.449 e. The van der Waals surface area contributed by atoms with E-state index in [1.165, 1.54) is 10.4 Å². The minimum atomic E-state index is -1.84. The van der Waals surface area contributed by atoms with E-state index in [1.54, 1.807) is 0 Å². The molecule has 0 unspecified atom stereocenters. The van der Waals surface area contributed by atoms with E-state index in [0.29, 0.717) is 0 Å². The second kappa shape index (κ2) is 10.8. The maximum atomic E-state index is 6.68. The van der Waals surface area contributed by atoms with Crippen LogP contribution in [0.25, 0.3) is 0 Å². The molecule has 0 atom stereocenters. The highest BCUT2D eigenvalue weighted by atomic mass is 28.4. The van der Waals surface area contributed by atoms with Gasteiger partial charge in [-0.1, -0.05) is 72.1 Å². The molecule has 0 N–H and O–H groups in total. The van der Waals surface area contributed by atoms with Gasteiger partial charge in [-0.05, 0) is 62.7 Å². The van der Waals surface area contributed by atoms with Crippen molar-refractivity contribution in [3.8, 4) is 0 Å². The van der Waals surface area contributed by atoms with Crippen molar-refractivity contribution in [3.63, 3.8) is 0 Å². The van der Waals surface area contributed by atoms with Crippen LogP contribution in [0.5, 0.6) is 0 Å². The minimum absolute atomic E-state index is 1.37. The molecule has 2 rings (SSSR count).